The second kappa shape index (κ2) is 5.42. The van der Waals surface area contributed by atoms with E-state index in [1.165, 1.54) is 0 Å². The number of thiazole rings is 1. The highest BCUT2D eigenvalue weighted by Crippen LogP contribution is 2.24. The molecule has 1 aromatic carbocycles. The number of rotatable bonds is 4. The Hall–Kier alpha value is -1.85. The van der Waals surface area contributed by atoms with Crippen LogP contribution in [0, 0.1) is 0 Å². The summed E-state index contributed by atoms with van der Waals surface area (Å²) in [5.41, 5.74) is 1.90. The topological polar surface area (TPSA) is 42.7 Å². The lowest BCUT2D eigenvalue weighted by Gasteiger charge is -2.11. The molecule has 2 heterocycles. The van der Waals surface area contributed by atoms with Crippen molar-refractivity contribution >= 4 is 28.6 Å². The zero-order chi connectivity index (χ0) is 13.1. The number of benzene rings is 1. The monoisotopic (exact) mass is 290 g/mol. The number of nitrogens with zero attached hydrogens (tertiary/aromatic N) is 3. The van der Waals surface area contributed by atoms with Gasteiger partial charge in [0, 0.05) is 29.0 Å². The molecule has 3 aromatic rings. The minimum Gasteiger partial charge on any atom is -0.377 e. The largest absolute Gasteiger partial charge is 0.377 e. The summed E-state index contributed by atoms with van der Waals surface area (Å²) in [7, 11) is 0. The molecule has 96 valence electrons. The van der Waals surface area contributed by atoms with Crippen LogP contribution >= 0.6 is 22.9 Å². The molecule has 19 heavy (non-hydrogen) atoms. The fourth-order valence-corrected chi connectivity index (χ4v) is 2.50. The quantitative estimate of drug-likeness (QED) is 0.798. The van der Waals surface area contributed by atoms with Crippen molar-refractivity contribution in [2.45, 2.75) is 6.54 Å². The van der Waals surface area contributed by atoms with Gasteiger partial charge in [0.25, 0.3) is 0 Å². The van der Waals surface area contributed by atoms with E-state index >= 15 is 0 Å². The molecule has 0 atom stereocenters. The van der Waals surface area contributed by atoms with Gasteiger partial charge < -0.3 is 5.32 Å². The van der Waals surface area contributed by atoms with E-state index < -0.39 is 0 Å². The second-order valence-corrected chi connectivity index (χ2v) is 5.31. The molecule has 0 saturated carbocycles. The third-order valence-electron chi connectivity index (χ3n) is 2.62. The van der Waals surface area contributed by atoms with E-state index in [0.29, 0.717) is 11.6 Å². The Morgan fingerprint density at radius 3 is 3.00 bits per heavy atom. The third-order valence-corrected chi connectivity index (χ3v) is 3.64. The molecular weight excluding hydrogens is 280 g/mol. The van der Waals surface area contributed by atoms with E-state index in [9.17, 15) is 0 Å². The number of halogens is 1. The summed E-state index contributed by atoms with van der Waals surface area (Å²) < 4.78 is 1.81. The molecule has 0 fully saturated rings. The SMILES string of the molecule is Clc1ccc(-n2cccn2)c(NCc2nccs2)c1. The molecule has 2 aromatic heterocycles. The Bertz CT molecular complexity index is 649. The van der Waals surface area contributed by atoms with Crippen molar-refractivity contribution in [1.29, 1.82) is 0 Å². The first kappa shape index (κ1) is 12.2. The van der Waals surface area contributed by atoms with E-state index in [-0.39, 0.29) is 0 Å². The minimum atomic E-state index is 0.673. The van der Waals surface area contributed by atoms with Crippen LogP contribution in [0.15, 0.2) is 48.2 Å². The van der Waals surface area contributed by atoms with Crippen LogP contribution in [0.1, 0.15) is 5.01 Å². The van der Waals surface area contributed by atoms with Crippen molar-refractivity contribution in [1.82, 2.24) is 14.8 Å². The van der Waals surface area contributed by atoms with E-state index in [1.807, 2.05) is 35.8 Å². The lowest BCUT2D eigenvalue weighted by atomic mass is 10.2. The molecule has 3 rings (SSSR count). The van der Waals surface area contributed by atoms with Crippen LogP contribution in [0.3, 0.4) is 0 Å². The van der Waals surface area contributed by atoms with Crippen LogP contribution in [0.2, 0.25) is 5.02 Å². The van der Waals surface area contributed by atoms with Crippen LogP contribution in [-0.2, 0) is 6.54 Å². The normalized spacial score (nSPS) is 10.6. The molecule has 6 heteroatoms. The maximum Gasteiger partial charge on any atom is 0.112 e. The first-order valence-corrected chi connectivity index (χ1v) is 7.00. The predicted molar refractivity (Wildman–Crippen MR) is 78.0 cm³/mol. The molecule has 0 saturated heterocycles. The van der Waals surface area contributed by atoms with Crippen molar-refractivity contribution in [3.8, 4) is 5.69 Å². The number of anilines is 1. The van der Waals surface area contributed by atoms with Crippen molar-refractivity contribution in [2.24, 2.45) is 0 Å². The summed E-state index contributed by atoms with van der Waals surface area (Å²) in [5, 5.41) is 11.3. The van der Waals surface area contributed by atoms with Gasteiger partial charge in [-0.25, -0.2) is 9.67 Å². The lowest BCUT2D eigenvalue weighted by molar-refractivity contribution is 0.879. The van der Waals surface area contributed by atoms with Crippen LogP contribution < -0.4 is 5.32 Å². The molecule has 0 aliphatic heterocycles. The smallest absolute Gasteiger partial charge is 0.112 e. The molecule has 1 N–H and O–H groups in total. The van der Waals surface area contributed by atoms with Gasteiger partial charge >= 0.3 is 0 Å². The Morgan fingerprint density at radius 1 is 1.32 bits per heavy atom. The summed E-state index contributed by atoms with van der Waals surface area (Å²) in [6.45, 7) is 0.673. The van der Waals surface area contributed by atoms with Gasteiger partial charge in [0.15, 0.2) is 0 Å². The summed E-state index contributed by atoms with van der Waals surface area (Å²) in [6.07, 6.45) is 5.45. The average molecular weight is 291 g/mol. The molecule has 0 spiro atoms. The highest BCUT2D eigenvalue weighted by atomic mass is 35.5. The van der Waals surface area contributed by atoms with Crippen LogP contribution in [0.4, 0.5) is 5.69 Å². The van der Waals surface area contributed by atoms with E-state index in [4.69, 9.17) is 11.6 Å². The molecular formula is C13H11ClN4S. The zero-order valence-electron chi connectivity index (χ0n) is 9.95. The van der Waals surface area contributed by atoms with Crippen LogP contribution in [-0.4, -0.2) is 14.8 Å². The fraction of sp³-hybridized carbons (Fsp3) is 0.0769. The zero-order valence-corrected chi connectivity index (χ0v) is 11.5. The van der Waals surface area contributed by atoms with Gasteiger partial charge in [0.1, 0.15) is 5.01 Å². The van der Waals surface area contributed by atoms with Gasteiger partial charge in [0.05, 0.1) is 17.9 Å². The van der Waals surface area contributed by atoms with Crippen LogP contribution in [0.5, 0.6) is 0 Å². The average Bonchev–Trinajstić information content (AvgIpc) is 3.10. The Kier molecular flexibility index (Phi) is 3.48. The molecule has 0 aliphatic carbocycles. The number of nitrogens with one attached hydrogen (secondary N) is 1. The summed E-state index contributed by atoms with van der Waals surface area (Å²) >= 11 is 7.68. The third kappa shape index (κ3) is 2.77. The maximum atomic E-state index is 6.06. The van der Waals surface area contributed by atoms with Crippen molar-refractivity contribution in [3.63, 3.8) is 0 Å². The maximum absolute atomic E-state index is 6.06. The van der Waals surface area contributed by atoms with E-state index in [2.05, 4.69) is 15.4 Å². The second-order valence-electron chi connectivity index (χ2n) is 3.89. The Balaban J connectivity index is 1.88. The van der Waals surface area contributed by atoms with E-state index in [0.717, 1.165) is 16.4 Å². The molecule has 0 unspecified atom stereocenters. The highest BCUT2D eigenvalue weighted by Gasteiger charge is 2.06. The van der Waals surface area contributed by atoms with Gasteiger partial charge in [-0.1, -0.05) is 11.6 Å². The number of aromatic nitrogens is 3. The van der Waals surface area contributed by atoms with Crippen molar-refractivity contribution < 1.29 is 0 Å². The van der Waals surface area contributed by atoms with Crippen molar-refractivity contribution in [3.05, 3.63) is 58.3 Å². The summed E-state index contributed by atoms with van der Waals surface area (Å²) in [5.74, 6) is 0. The number of hydrogen-bond donors (Lipinski definition) is 1. The molecule has 4 nitrogen and oxygen atoms in total. The molecule has 0 aliphatic rings. The van der Waals surface area contributed by atoms with E-state index in [1.54, 1.807) is 28.4 Å². The molecule has 0 radical (unpaired) electrons. The Morgan fingerprint density at radius 2 is 2.26 bits per heavy atom. The standard InChI is InChI=1S/C13H11ClN4S/c14-10-2-3-12(18-6-1-4-17-18)11(8-10)16-9-13-15-5-7-19-13/h1-8,16H,9H2. The first-order valence-electron chi connectivity index (χ1n) is 5.75. The lowest BCUT2D eigenvalue weighted by Crippen LogP contribution is -2.04. The van der Waals surface area contributed by atoms with Gasteiger partial charge in [0.2, 0.25) is 0 Å². The molecule has 0 bridgehead atoms. The fourth-order valence-electron chi connectivity index (χ4n) is 1.77. The van der Waals surface area contributed by atoms with Gasteiger partial charge in [-0.15, -0.1) is 11.3 Å². The van der Waals surface area contributed by atoms with Gasteiger partial charge in [-0.05, 0) is 24.3 Å². The summed E-state index contributed by atoms with van der Waals surface area (Å²) in [4.78, 5) is 4.25. The first-order chi connectivity index (χ1) is 9.33. The van der Waals surface area contributed by atoms with Crippen molar-refractivity contribution in [2.75, 3.05) is 5.32 Å². The highest BCUT2D eigenvalue weighted by molar-refractivity contribution is 7.09. The molecule has 0 amide bonds. The summed E-state index contributed by atoms with van der Waals surface area (Å²) in [6, 6.07) is 7.58. The number of hydrogen-bond acceptors (Lipinski definition) is 4. The van der Waals surface area contributed by atoms with Gasteiger partial charge in [-0.2, -0.15) is 5.10 Å². The Labute approximate surface area is 119 Å². The predicted octanol–water partition coefficient (Wildman–Crippen LogP) is 3.59. The van der Waals surface area contributed by atoms with Gasteiger partial charge in [-0.3, -0.25) is 0 Å². The minimum absolute atomic E-state index is 0.673. The van der Waals surface area contributed by atoms with Crippen LogP contribution in [0.25, 0.3) is 5.69 Å².